The number of benzene rings is 1. The molecule has 27 heavy (non-hydrogen) atoms. The van der Waals surface area contributed by atoms with Gasteiger partial charge in [-0.3, -0.25) is 10.1 Å². The van der Waals surface area contributed by atoms with Crippen molar-refractivity contribution in [2.75, 3.05) is 29.9 Å². The van der Waals surface area contributed by atoms with Gasteiger partial charge in [-0.2, -0.15) is 0 Å². The number of hydrogen-bond acceptors (Lipinski definition) is 3. The number of rotatable bonds is 2. The molecule has 0 radical (unpaired) electrons. The van der Waals surface area contributed by atoms with E-state index >= 15 is 0 Å². The maximum absolute atomic E-state index is 13.1. The Morgan fingerprint density at radius 1 is 1.15 bits per heavy atom. The van der Waals surface area contributed by atoms with Crippen LogP contribution in [0.2, 0.25) is 0 Å². The maximum Gasteiger partial charge on any atom is 0.322 e. The number of fused-ring (bicyclic) bond motifs is 1. The van der Waals surface area contributed by atoms with Crippen molar-refractivity contribution in [3.05, 3.63) is 46.8 Å². The average Bonchev–Trinajstić information content (AvgIpc) is 3.20. The van der Waals surface area contributed by atoms with Crippen molar-refractivity contribution in [1.29, 1.82) is 0 Å². The minimum atomic E-state index is -0.0675. The molecule has 142 valence electrons. The maximum atomic E-state index is 13.1. The second kappa shape index (κ2) is 7.72. The van der Waals surface area contributed by atoms with E-state index in [2.05, 4.69) is 30.4 Å². The van der Waals surface area contributed by atoms with Gasteiger partial charge in [0.15, 0.2) is 0 Å². The first-order valence-electron chi connectivity index (χ1n) is 9.62. The summed E-state index contributed by atoms with van der Waals surface area (Å²) in [5.41, 5.74) is 3.60. The van der Waals surface area contributed by atoms with Crippen molar-refractivity contribution in [3.8, 4) is 0 Å². The number of aryl methyl sites for hydroxylation is 2. The Morgan fingerprint density at radius 3 is 2.70 bits per heavy atom. The molecule has 4 rings (SSSR count). The molecule has 2 aliphatic rings. The molecule has 1 aromatic carbocycles. The molecule has 5 nitrogen and oxygen atoms in total. The molecule has 1 aromatic heterocycles. The van der Waals surface area contributed by atoms with Crippen LogP contribution >= 0.6 is 11.3 Å². The minimum Gasteiger partial charge on any atom is -0.324 e. The average molecular weight is 384 g/mol. The zero-order chi connectivity index (χ0) is 18.8. The molecular formula is C21H25N3O2S. The number of amides is 3. The van der Waals surface area contributed by atoms with Crippen LogP contribution in [0, 0.1) is 12.8 Å². The van der Waals surface area contributed by atoms with Crippen molar-refractivity contribution in [1.82, 2.24) is 4.90 Å². The fourth-order valence-electron chi connectivity index (χ4n) is 4.04. The first kappa shape index (κ1) is 18.0. The fourth-order valence-corrected chi connectivity index (χ4v) is 4.65. The summed E-state index contributed by atoms with van der Waals surface area (Å²) >= 11 is 1.51. The summed E-state index contributed by atoms with van der Waals surface area (Å²) in [5.74, 6) is 0.223. The van der Waals surface area contributed by atoms with E-state index in [1.807, 2.05) is 27.3 Å². The van der Waals surface area contributed by atoms with Crippen LogP contribution in [0.5, 0.6) is 0 Å². The third-order valence-electron chi connectivity index (χ3n) is 5.50. The third-order valence-corrected chi connectivity index (χ3v) is 6.29. The molecule has 1 fully saturated rings. The lowest BCUT2D eigenvalue weighted by Crippen LogP contribution is -2.46. The van der Waals surface area contributed by atoms with Crippen molar-refractivity contribution >= 4 is 34.0 Å². The van der Waals surface area contributed by atoms with Gasteiger partial charge in [0, 0.05) is 31.2 Å². The van der Waals surface area contributed by atoms with Crippen molar-refractivity contribution in [2.24, 2.45) is 5.92 Å². The van der Waals surface area contributed by atoms with Gasteiger partial charge in [-0.05, 0) is 61.7 Å². The van der Waals surface area contributed by atoms with Crippen LogP contribution in [0.3, 0.4) is 0 Å². The largest absolute Gasteiger partial charge is 0.324 e. The molecule has 0 atom stereocenters. The van der Waals surface area contributed by atoms with Crippen LogP contribution in [-0.2, 0) is 11.2 Å². The first-order chi connectivity index (χ1) is 13.1. The summed E-state index contributed by atoms with van der Waals surface area (Å²) in [7, 11) is 0. The number of hydrogen-bond donors (Lipinski definition) is 1. The monoisotopic (exact) mass is 383 g/mol. The molecule has 0 saturated carbocycles. The molecule has 1 N–H and O–H groups in total. The standard InChI is InChI=1S/C21H25N3O2S/c1-15-6-7-18-17(14-15)4-2-10-24(18)20(25)16-8-11-23(12-9-16)21(26)22-19-5-3-13-27-19/h3,5-7,13-14,16H,2,4,8-12H2,1H3,(H,22,26). The molecule has 2 aromatic rings. The number of carbonyl (C=O) groups is 2. The van der Waals surface area contributed by atoms with E-state index in [0.717, 1.165) is 42.9 Å². The lowest BCUT2D eigenvalue weighted by atomic mass is 9.93. The van der Waals surface area contributed by atoms with Crippen LogP contribution in [-0.4, -0.2) is 36.5 Å². The molecule has 3 heterocycles. The summed E-state index contributed by atoms with van der Waals surface area (Å²) in [6.07, 6.45) is 3.52. The predicted octanol–water partition coefficient (Wildman–Crippen LogP) is 4.28. The van der Waals surface area contributed by atoms with E-state index in [0.29, 0.717) is 13.1 Å². The van der Waals surface area contributed by atoms with E-state index in [1.54, 1.807) is 0 Å². The number of piperidine rings is 1. The Labute approximate surface area is 164 Å². The summed E-state index contributed by atoms with van der Waals surface area (Å²) in [4.78, 5) is 29.3. The topological polar surface area (TPSA) is 52.7 Å². The van der Waals surface area contributed by atoms with Crippen LogP contribution in [0.25, 0.3) is 0 Å². The Hall–Kier alpha value is -2.34. The van der Waals surface area contributed by atoms with Crippen molar-refractivity contribution < 1.29 is 9.59 Å². The van der Waals surface area contributed by atoms with E-state index in [-0.39, 0.29) is 17.9 Å². The molecule has 0 spiro atoms. The number of nitrogens with one attached hydrogen (secondary N) is 1. The zero-order valence-corrected chi connectivity index (χ0v) is 16.4. The Balaban J connectivity index is 1.37. The van der Waals surface area contributed by atoms with Crippen LogP contribution < -0.4 is 10.2 Å². The smallest absolute Gasteiger partial charge is 0.322 e. The number of carbonyl (C=O) groups excluding carboxylic acids is 2. The third kappa shape index (κ3) is 3.86. The molecule has 6 heteroatoms. The van der Waals surface area contributed by atoms with Gasteiger partial charge < -0.3 is 9.80 Å². The highest BCUT2D eigenvalue weighted by atomic mass is 32.1. The minimum absolute atomic E-state index is 0.00282. The highest BCUT2D eigenvalue weighted by Gasteiger charge is 2.32. The highest BCUT2D eigenvalue weighted by Crippen LogP contribution is 2.31. The summed E-state index contributed by atoms with van der Waals surface area (Å²) in [6.45, 7) is 4.15. The van der Waals surface area contributed by atoms with E-state index in [9.17, 15) is 9.59 Å². The highest BCUT2D eigenvalue weighted by molar-refractivity contribution is 7.14. The molecule has 1 saturated heterocycles. The van der Waals surface area contributed by atoms with E-state index in [4.69, 9.17) is 0 Å². The predicted molar refractivity (Wildman–Crippen MR) is 109 cm³/mol. The molecule has 0 unspecified atom stereocenters. The molecule has 3 amide bonds. The zero-order valence-electron chi connectivity index (χ0n) is 15.6. The Morgan fingerprint density at radius 2 is 1.96 bits per heavy atom. The number of likely N-dealkylation sites (tertiary alicyclic amines) is 1. The quantitative estimate of drug-likeness (QED) is 0.841. The Bertz CT molecular complexity index is 826. The molecule has 2 aliphatic heterocycles. The van der Waals surface area contributed by atoms with Gasteiger partial charge in [-0.1, -0.05) is 17.7 Å². The van der Waals surface area contributed by atoms with Crippen LogP contribution in [0.1, 0.15) is 30.4 Å². The van der Waals surface area contributed by atoms with Gasteiger partial charge in [-0.25, -0.2) is 4.79 Å². The van der Waals surface area contributed by atoms with Crippen LogP contribution in [0.4, 0.5) is 15.5 Å². The number of anilines is 2. The fraction of sp³-hybridized carbons (Fsp3) is 0.429. The Kier molecular flexibility index (Phi) is 5.16. The van der Waals surface area contributed by atoms with Crippen LogP contribution in [0.15, 0.2) is 35.7 Å². The normalized spacial score (nSPS) is 17.5. The summed E-state index contributed by atoms with van der Waals surface area (Å²) in [5, 5.41) is 5.73. The molecular weight excluding hydrogens is 358 g/mol. The van der Waals surface area contributed by atoms with Crippen molar-refractivity contribution in [3.63, 3.8) is 0 Å². The SMILES string of the molecule is Cc1ccc2c(c1)CCCN2C(=O)C1CCN(C(=O)Nc2cccs2)CC1. The van der Waals surface area contributed by atoms with Gasteiger partial charge in [0.2, 0.25) is 5.91 Å². The number of urea groups is 1. The van der Waals surface area contributed by atoms with Gasteiger partial charge in [0.25, 0.3) is 0 Å². The number of nitrogens with zero attached hydrogens (tertiary/aromatic N) is 2. The number of thiophene rings is 1. The summed E-state index contributed by atoms with van der Waals surface area (Å²) in [6, 6.07) is 10.1. The van der Waals surface area contributed by atoms with E-state index < -0.39 is 0 Å². The lowest BCUT2D eigenvalue weighted by molar-refractivity contribution is -0.123. The van der Waals surface area contributed by atoms with Crippen molar-refractivity contribution in [2.45, 2.75) is 32.6 Å². The molecule has 0 bridgehead atoms. The van der Waals surface area contributed by atoms with Gasteiger partial charge >= 0.3 is 6.03 Å². The van der Waals surface area contributed by atoms with Gasteiger partial charge in [0.1, 0.15) is 0 Å². The molecule has 0 aliphatic carbocycles. The lowest BCUT2D eigenvalue weighted by Gasteiger charge is -2.36. The van der Waals surface area contributed by atoms with Gasteiger partial charge in [0.05, 0.1) is 5.00 Å². The second-order valence-corrected chi connectivity index (χ2v) is 8.34. The van der Waals surface area contributed by atoms with E-state index in [1.165, 1.54) is 22.5 Å². The second-order valence-electron chi connectivity index (χ2n) is 7.39. The first-order valence-corrected chi connectivity index (χ1v) is 10.5. The summed E-state index contributed by atoms with van der Waals surface area (Å²) < 4.78 is 0. The van der Waals surface area contributed by atoms with Gasteiger partial charge in [-0.15, -0.1) is 11.3 Å².